The number of carbonyl (C=O) groups excluding carboxylic acids is 3. The van der Waals surface area contributed by atoms with Gasteiger partial charge in [0.25, 0.3) is 11.8 Å². The highest BCUT2D eigenvalue weighted by Gasteiger charge is 2.25. The summed E-state index contributed by atoms with van der Waals surface area (Å²) in [4.78, 5) is 37.7. The van der Waals surface area contributed by atoms with Crippen LogP contribution in [0.1, 0.15) is 47.5 Å². The van der Waals surface area contributed by atoms with E-state index >= 15 is 0 Å². The summed E-state index contributed by atoms with van der Waals surface area (Å²) < 4.78 is 10.4. The number of rotatable bonds is 11. The minimum absolute atomic E-state index is 0.0869. The fourth-order valence-electron chi connectivity index (χ4n) is 3.45. The number of carbonyl (C=O) groups is 3. The first kappa shape index (κ1) is 23.8. The van der Waals surface area contributed by atoms with E-state index in [1.807, 2.05) is 67.6 Å². The molecule has 2 atom stereocenters. The van der Waals surface area contributed by atoms with Gasteiger partial charge in [-0.3, -0.25) is 9.59 Å². The molecule has 0 saturated carbocycles. The molecule has 2 aromatic carbocycles. The molecule has 1 aromatic heterocycles. The first-order chi connectivity index (χ1) is 16.1. The molecule has 2 N–H and O–H groups in total. The molecule has 0 bridgehead atoms. The van der Waals surface area contributed by atoms with Crippen LogP contribution < -0.4 is 10.6 Å². The van der Waals surface area contributed by atoms with Crippen molar-refractivity contribution in [3.63, 3.8) is 0 Å². The number of nitrogens with one attached hydrogen (secondary N) is 2. The Morgan fingerprint density at radius 1 is 0.909 bits per heavy atom. The van der Waals surface area contributed by atoms with Crippen LogP contribution >= 0.6 is 0 Å². The minimum atomic E-state index is -0.974. The topological polar surface area (TPSA) is 97.6 Å². The average molecular weight is 449 g/mol. The van der Waals surface area contributed by atoms with Crippen molar-refractivity contribution >= 4 is 17.8 Å². The smallest absolute Gasteiger partial charge is 0.329 e. The largest absolute Gasteiger partial charge is 0.459 e. The molecule has 3 aromatic rings. The van der Waals surface area contributed by atoms with Gasteiger partial charge in [0.1, 0.15) is 6.04 Å². The number of ether oxygens (including phenoxy) is 1. The molecule has 0 spiro atoms. The van der Waals surface area contributed by atoms with Crippen molar-refractivity contribution in [2.75, 3.05) is 6.61 Å². The van der Waals surface area contributed by atoms with Gasteiger partial charge in [0.05, 0.1) is 12.3 Å². The van der Waals surface area contributed by atoms with Crippen LogP contribution in [0.5, 0.6) is 0 Å². The number of esters is 1. The van der Waals surface area contributed by atoms with E-state index in [9.17, 15) is 14.4 Å². The summed E-state index contributed by atoms with van der Waals surface area (Å²) in [5, 5.41) is 5.56. The average Bonchev–Trinajstić information content (AvgIpc) is 3.38. The van der Waals surface area contributed by atoms with Gasteiger partial charge < -0.3 is 19.8 Å². The summed E-state index contributed by atoms with van der Waals surface area (Å²) >= 11 is 0. The Morgan fingerprint density at radius 2 is 1.61 bits per heavy atom. The molecular formula is C26H28N2O5. The van der Waals surface area contributed by atoms with E-state index in [4.69, 9.17) is 9.15 Å². The molecular weight excluding hydrogens is 420 g/mol. The standard InChI is InChI=1S/C26H28N2O5/c1-2-10-21(20-13-7-4-8-14-20)27-24(29)18-33-26(31)22(17-19-11-5-3-6-12-19)28-25(30)23-15-9-16-32-23/h3-9,11-16,21-22H,2,10,17-18H2,1H3,(H,27,29)(H,28,30)/t21?,22-/m0/s1. The summed E-state index contributed by atoms with van der Waals surface area (Å²) in [7, 11) is 0. The monoisotopic (exact) mass is 448 g/mol. The normalized spacial score (nSPS) is 12.4. The predicted octanol–water partition coefficient (Wildman–Crippen LogP) is 3.82. The highest BCUT2D eigenvalue weighted by atomic mass is 16.5. The van der Waals surface area contributed by atoms with Crippen LogP contribution in [0.2, 0.25) is 0 Å². The summed E-state index contributed by atoms with van der Waals surface area (Å²) in [5.74, 6) is -1.54. The lowest BCUT2D eigenvalue weighted by Gasteiger charge is -2.20. The van der Waals surface area contributed by atoms with Gasteiger partial charge in [-0.25, -0.2) is 4.79 Å². The lowest BCUT2D eigenvalue weighted by molar-refractivity contribution is -0.150. The summed E-state index contributed by atoms with van der Waals surface area (Å²) in [6.45, 7) is 1.60. The van der Waals surface area contributed by atoms with Gasteiger partial charge in [0, 0.05) is 6.42 Å². The maximum absolute atomic E-state index is 12.8. The molecule has 1 unspecified atom stereocenters. The highest BCUT2D eigenvalue weighted by molar-refractivity contribution is 5.94. The second-order valence-electron chi connectivity index (χ2n) is 7.62. The molecule has 0 aliphatic heterocycles. The van der Waals surface area contributed by atoms with E-state index in [1.54, 1.807) is 6.07 Å². The number of benzene rings is 2. The van der Waals surface area contributed by atoms with Crippen molar-refractivity contribution in [2.45, 2.75) is 38.3 Å². The van der Waals surface area contributed by atoms with Gasteiger partial charge in [0.2, 0.25) is 0 Å². The zero-order chi connectivity index (χ0) is 23.5. The van der Waals surface area contributed by atoms with Crippen LogP contribution in [0, 0.1) is 0 Å². The highest BCUT2D eigenvalue weighted by Crippen LogP contribution is 2.18. The van der Waals surface area contributed by atoms with Crippen LogP contribution in [-0.4, -0.2) is 30.4 Å². The first-order valence-electron chi connectivity index (χ1n) is 11.0. The van der Waals surface area contributed by atoms with Gasteiger partial charge in [-0.2, -0.15) is 0 Å². The predicted molar refractivity (Wildman–Crippen MR) is 123 cm³/mol. The van der Waals surface area contributed by atoms with Crippen molar-refractivity contribution in [1.82, 2.24) is 10.6 Å². The molecule has 33 heavy (non-hydrogen) atoms. The Morgan fingerprint density at radius 3 is 2.24 bits per heavy atom. The van der Waals surface area contributed by atoms with Crippen LogP contribution in [0.15, 0.2) is 83.5 Å². The molecule has 7 nitrogen and oxygen atoms in total. The van der Waals surface area contributed by atoms with Crippen molar-refractivity contribution in [2.24, 2.45) is 0 Å². The van der Waals surface area contributed by atoms with E-state index < -0.39 is 30.4 Å². The third-order valence-corrected chi connectivity index (χ3v) is 5.08. The van der Waals surface area contributed by atoms with Crippen molar-refractivity contribution in [1.29, 1.82) is 0 Å². The summed E-state index contributed by atoms with van der Waals surface area (Å²) in [5.41, 5.74) is 1.84. The minimum Gasteiger partial charge on any atom is -0.459 e. The molecule has 7 heteroatoms. The molecule has 0 saturated heterocycles. The molecule has 1 heterocycles. The van der Waals surface area contributed by atoms with E-state index in [1.165, 1.54) is 12.3 Å². The van der Waals surface area contributed by atoms with Gasteiger partial charge in [-0.15, -0.1) is 0 Å². The molecule has 0 aliphatic carbocycles. The van der Waals surface area contributed by atoms with Gasteiger partial charge in [-0.05, 0) is 29.7 Å². The quantitative estimate of drug-likeness (QED) is 0.435. The Bertz CT molecular complexity index is 1020. The summed E-state index contributed by atoms with van der Waals surface area (Å²) in [6, 6.07) is 20.9. The fourth-order valence-corrected chi connectivity index (χ4v) is 3.45. The molecule has 0 fully saturated rings. The van der Waals surface area contributed by atoms with Crippen LogP contribution in [-0.2, 0) is 20.7 Å². The van der Waals surface area contributed by atoms with Gasteiger partial charge >= 0.3 is 5.97 Å². The second-order valence-corrected chi connectivity index (χ2v) is 7.62. The first-order valence-corrected chi connectivity index (χ1v) is 11.0. The third-order valence-electron chi connectivity index (χ3n) is 5.08. The number of hydrogen-bond acceptors (Lipinski definition) is 5. The molecule has 2 amide bonds. The Labute approximate surface area is 193 Å². The molecule has 3 rings (SSSR count). The number of furan rings is 1. The fraction of sp³-hybridized carbons (Fsp3) is 0.269. The van der Waals surface area contributed by atoms with E-state index in [0.29, 0.717) is 0 Å². The SMILES string of the molecule is CCCC(NC(=O)COC(=O)[C@H](Cc1ccccc1)NC(=O)c1ccco1)c1ccccc1. The second kappa shape index (κ2) is 12.2. The summed E-state index contributed by atoms with van der Waals surface area (Å²) in [6.07, 6.45) is 3.25. The number of amides is 2. The molecule has 0 radical (unpaired) electrons. The van der Waals surface area contributed by atoms with Gasteiger partial charge in [-0.1, -0.05) is 74.0 Å². The lowest BCUT2D eigenvalue weighted by Crippen LogP contribution is -2.44. The van der Waals surface area contributed by atoms with E-state index in [0.717, 1.165) is 24.0 Å². The van der Waals surface area contributed by atoms with Crippen LogP contribution in [0.25, 0.3) is 0 Å². The zero-order valence-electron chi connectivity index (χ0n) is 18.5. The Balaban J connectivity index is 1.61. The lowest BCUT2D eigenvalue weighted by atomic mass is 10.0. The Kier molecular flexibility index (Phi) is 8.82. The van der Waals surface area contributed by atoms with E-state index in [-0.39, 0.29) is 18.2 Å². The Hall–Kier alpha value is -3.87. The van der Waals surface area contributed by atoms with Crippen LogP contribution in [0.4, 0.5) is 0 Å². The van der Waals surface area contributed by atoms with Gasteiger partial charge in [0.15, 0.2) is 12.4 Å². The van der Waals surface area contributed by atoms with Crippen molar-refractivity contribution < 1.29 is 23.5 Å². The van der Waals surface area contributed by atoms with E-state index in [2.05, 4.69) is 10.6 Å². The third kappa shape index (κ3) is 7.35. The van der Waals surface area contributed by atoms with Crippen molar-refractivity contribution in [3.05, 3.63) is 95.9 Å². The zero-order valence-corrected chi connectivity index (χ0v) is 18.5. The maximum Gasteiger partial charge on any atom is 0.329 e. The maximum atomic E-state index is 12.8. The molecule has 172 valence electrons. The van der Waals surface area contributed by atoms with Crippen molar-refractivity contribution in [3.8, 4) is 0 Å². The van der Waals surface area contributed by atoms with Crippen LogP contribution in [0.3, 0.4) is 0 Å². The molecule has 0 aliphatic rings. The number of hydrogen-bond donors (Lipinski definition) is 2.